The average Bonchev–Trinajstić information content (AvgIpc) is 2.97. The second kappa shape index (κ2) is 16.6. The number of carbonyl (C=O) groups is 4. The third-order valence-electron chi connectivity index (χ3n) is 7.06. The van der Waals surface area contributed by atoms with E-state index in [4.69, 9.17) is 9.47 Å². The number of nitrogens with one attached hydrogen (secondary N) is 3. The summed E-state index contributed by atoms with van der Waals surface area (Å²) in [6, 6.07) is 18.1. The second-order valence-electron chi connectivity index (χ2n) is 11.1. The Bertz CT molecular complexity index is 1150. The van der Waals surface area contributed by atoms with Gasteiger partial charge in [-0.3, -0.25) is 19.3 Å². The molecule has 3 amide bonds. The van der Waals surface area contributed by atoms with E-state index < -0.39 is 29.5 Å². The van der Waals surface area contributed by atoms with Crippen LogP contribution in [0.2, 0.25) is 0 Å². The highest BCUT2D eigenvalue weighted by molar-refractivity contribution is 5.97. The Morgan fingerprint density at radius 3 is 2.10 bits per heavy atom. The first-order chi connectivity index (χ1) is 20.2. The van der Waals surface area contributed by atoms with E-state index in [1.54, 1.807) is 0 Å². The fourth-order valence-corrected chi connectivity index (χ4v) is 5.06. The smallest absolute Gasteiger partial charge is 0.328 e. The van der Waals surface area contributed by atoms with Gasteiger partial charge in [-0.1, -0.05) is 74.5 Å². The number of amides is 3. The molecule has 0 spiro atoms. The van der Waals surface area contributed by atoms with Crippen molar-refractivity contribution in [1.29, 1.82) is 0 Å². The van der Waals surface area contributed by atoms with Gasteiger partial charge in [0.15, 0.2) is 5.66 Å². The lowest BCUT2D eigenvalue weighted by Gasteiger charge is -2.37. The molecule has 1 aliphatic rings. The second-order valence-corrected chi connectivity index (χ2v) is 11.1. The fourth-order valence-electron chi connectivity index (χ4n) is 5.06. The molecule has 0 aliphatic carbocycles. The summed E-state index contributed by atoms with van der Waals surface area (Å²) in [5.74, 6) is -2.16. The summed E-state index contributed by atoms with van der Waals surface area (Å²) in [4.78, 5) is 55.4. The van der Waals surface area contributed by atoms with Crippen LogP contribution in [0.4, 0.5) is 0 Å². The minimum Gasteiger partial charge on any atom is -0.467 e. The standard InChI is InChI=1S/C32H44N4O6/c1-24(2)22-32(35-29(38)23-36-17-19-42-20-18-36,34-28(37)16-10-15-25-11-6-4-7-12-25)31(40)33-27(30(39)41-3)21-26-13-8-5-9-14-26/h4-9,11-14,24,27H,10,15-23H2,1-3H3,(H,33,40)(H,34,37)(H,35,38)/t27?,32-/m1/s1. The first-order valence-electron chi connectivity index (χ1n) is 14.6. The van der Waals surface area contributed by atoms with Gasteiger partial charge in [0.05, 0.1) is 26.9 Å². The van der Waals surface area contributed by atoms with Crippen LogP contribution in [0, 0.1) is 5.92 Å². The summed E-state index contributed by atoms with van der Waals surface area (Å²) in [5, 5.41) is 8.50. The molecule has 2 atom stereocenters. The van der Waals surface area contributed by atoms with Gasteiger partial charge in [-0.15, -0.1) is 0 Å². The molecule has 10 heteroatoms. The van der Waals surface area contributed by atoms with Crippen molar-refractivity contribution < 1.29 is 28.7 Å². The highest BCUT2D eigenvalue weighted by Gasteiger charge is 2.43. The van der Waals surface area contributed by atoms with E-state index in [9.17, 15) is 19.2 Å². The molecule has 2 aromatic rings. The molecule has 10 nitrogen and oxygen atoms in total. The van der Waals surface area contributed by atoms with Gasteiger partial charge in [0.1, 0.15) is 6.04 Å². The van der Waals surface area contributed by atoms with E-state index in [0.717, 1.165) is 11.1 Å². The van der Waals surface area contributed by atoms with E-state index in [1.165, 1.54) is 7.11 Å². The molecule has 42 heavy (non-hydrogen) atoms. The zero-order valence-electron chi connectivity index (χ0n) is 24.9. The highest BCUT2D eigenvalue weighted by atomic mass is 16.5. The van der Waals surface area contributed by atoms with Gasteiger partial charge in [-0.25, -0.2) is 4.79 Å². The molecule has 1 aliphatic heterocycles. The van der Waals surface area contributed by atoms with Crippen molar-refractivity contribution in [2.24, 2.45) is 5.92 Å². The topological polar surface area (TPSA) is 126 Å². The Balaban J connectivity index is 1.83. The number of benzene rings is 2. The Morgan fingerprint density at radius 1 is 0.905 bits per heavy atom. The summed E-state index contributed by atoms with van der Waals surface area (Å²) >= 11 is 0. The largest absolute Gasteiger partial charge is 0.467 e. The van der Waals surface area contributed by atoms with Gasteiger partial charge < -0.3 is 25.4 Å². The molecule has 228 valence electrons. The molecule has 0 aromatic heterocycles. The molecule has 0 radical (unpaired) electrons. The van der Waals surface area contributed by atoms with Crippen molar-refractivity contribution in [3.05, 3.63) is 71.8 Å². The van der Waals surface area contributed by atoms with Gasteiger partial charge in [-0.05, 0) is 29.9 Å². The fraction of sp³-hybridized carbons (Fsp3) is 0.500. The average molecular weight is 581 g/mol. The predicted octanol–water partition coefficient (Wildman–Crippen LogP) is 2.22. The number of methoxy groups -OCH3 is 1. The summed E-state index contributed by atoms with van der Waals surface area (Å²) < 4.78 is 10.4. The highest BCUT2D eigenvalue weighted by Crippen LogP contribution is 2.18. The quantitative estimate of drug-likeness (QED) is 0.218. The van der Waals surface area contributed by atoms with Crippen LogP contribution in [0.15, 0.2) is 60.7 Å². The van der Waals surface area contributed by atoms with Crippen LogP contribution in [0.3, 0.4) is 0 Å². The minimum atomic E-state index is -1.77. The first kappa shape index (κ1) is 32.8. The van der Waals surface area contributed by atoms with Crippen LogP contribution in [0.5, 0.6) is 0 Å². The van der Waals surface area contributed by atoms with Crippen LogP contribution in [0.25, 0.3) is 0 Å². The predicted molar refractivity (Wildman–Crippen MR) is 159 cm³/mol. The van der Waals surface area contributed by atoms with Crippen LogP contribution >= 0.6 is 0 Å². The molecule has 0 saturated carbocycles. The lowest BCUT2D eigenvalue weighted by Crippen LogP contribution is -2.71. The Labute approximate surface area is 248 Å². The van der Waals surface area contributed by atoms with Crippen molar-refractivity contribution in [2.75, 3.05) is 40.0 Å². The van der Waals surface area contributed by atoms with Gasteiger partial charge in [0.25, 0.3) is 5.91 Å². The van der Waals surface area contributed by atoms with E-state index in [0.29, 0.717) is 39.1 Å². The van der Waals surface area contributed by atoms with Crippen LogP contribution < -0.4 is 16.0 Å². The third kappa shape index (κ3) is 10.6. The number of ether oxygens (including phenoxy) is 2. The van der Waals surface area contributed by atoms with E-state index >= 15 is 0 Å². The number of aryl methyl sites for hydroxylation is 1. The SMILES string of the molecule is COC(=O)C(Cc1ccccc1)NC(=O)[C@](CC(C)C)(NC(=O)CCCc1ccccc1)NC(=O)CN1CCOCC1. The molecule has 2 aromatic carbocycles. The Hall–Kier alpha value is -3.76. The monoisotopic (exact) mass is 580 g/mol. The zero-order valence-corrected chi connectivity index (χ0v) is 24.9. The third-order valence-corrected chi connectivity index (χ3v) is 7.06. The molecule has 0 bridgehead atoms. The van der Waals surface area contributed by atoms with E-state index in [-0.39, 0.29) is 37.6 Å². The molecule has 1 heterocycles. The van der Waals surface area contributed by atoms with Gasteiger partial charge in [0.2, 0.25) is 11.8 Å². The Kier molecular flexibility index (Phi) is 13.0. The minimum absolute atomic E-state index is 0.0464. The van der Waals surface area contributed by atoms with Gasteiger partial charge >= 0.3 is 5.97 Å². The zero-order chi connectivity index (χ0) is 30.4. The first-order valence-corrected chi connectivity index (χ1v) is 14.6. The normalized spacial score (nSPS) is 15.7. The number of hydrogen-bond acceptors (Lipinski definition) is 7. The molecule has 3 rings (SSSR count). The summed E-state index contributed by atoms with van der Waals surface area (Å²) in [5.41, 5.74) is 0.158. The maximum atomic E-state index is 14.1. The van der Waals surface area contributed by atoms with Crippen molar-refractivity contribution in [3.63, 3.8) is 0 Å². The van der Waals surface area contributed by atoms with Gasteiger partial charge in [0, 0.05) is 32.4 Å². The number of carbonyl (C=O) groups excluding carboxylic acids is 4. The number of hydrogen-bond donors (Lipinski definition) is 3. The molecule has 1 saturated heterocycles. The number of nitrogens with zero attached hydrogens (tertiary/aromatic N) is 1. The number of esters is 1. The molecular weight excluding hydrogens is 536 g/mol. The number of rotatable bonds is 15. The summed E-state index contributed by atoms with van der Waals surface area (Å²) in [6.45, 7) is 6.06. The van der Waals surface area contributed by atoms with Crippen molar-refractivity contribution in [1.82, 2.24) is 20.9 Å². The number of morpholine rings is 1. The molecule has 1 fully saturated rings. The van der Waals surface area contributed by atoms with Crippen molar-refractivity contribution >= 4 is 23.7 Å². The maximum Gasteiger partial charge on any atom is 0.328 e. The maximum absolute atomic E-state index is 14.1. The van der Waals surface area contributed by atoms with Crippen LogP contribution in [-0.4, -0.2) is 80.3 Å². The van der Waals surface area contributed by atoms with Gasteiger partial charge in [-0.2, -0.15) is 0 Å². The molecular formula is C32H44N4O6. The lowest BCUT2D eigenvalue weighted by atomic mass is 9.94. The molecule has 1 unspecified atom stereocenters. The summed E-state index contributed by atoms with van der Waals surface area (Å²) in [6.07, 6.45) is 1.73. The molecule has 3 N–H and O–H groups in total. The van der Waals surface area contributed by atoms with E-state index in [2.05, 4.69) is 16.0 Å². The van der Waals surface area contributed by atoms with E-state index in [1.807, 2.05) is 79.4 Å². The summed E-state index contributed by atoms with van der Waals surface area (Å²) in [7, 11) is 1.26. The van der Waals surface area contributed by atoms with Crippen molar-refractivity contribution in [3.8, 4) is 0 Å². The van der Waals surface area contributed by atoms with Crippen LogP contribution in [0.1, 0.15) is 44.2 Å². The van der Waals surface area contributed by atoms with Crippen molar-refractivity contribution in [2.45, 2.75) is 57.7 Å². The lowest BCUT2D eigenvalue weighted by molar-refractivity contribution is -0.147. The van der Waals surface area contributed by atoms with Crippen LogP contribution in [-0.2, 0) is 41.5 Å². The Morgan fingerprint density at radius 2 is 1.50 bits per heavy atom.